The SMILES string of the molecule is CCCCOC(=O)c1ccc(N2C(=O)C(=Cc3ccc(-c4ccc(Cl)c(Cl)c4)o3)C=C2c2ccccc2)cc1. The van der Waals surface area contributed by atoms with Crippen LogP contribution in [0.5, 0.6) is 0 Å². The summed E-state index contributed by atoms with van der Waals surface area (Å²) >= 11 is 12.2. The summed E-state index contributed by atoms with van der Waals surface area (Å²) in [6, 6.07) is 25.4. The highest BCUT2D eigenvalue weighted by Gasteiger charge is 2.31. The number of nitrogens with zero attached hydrogens (tertiary/aromatic N) is 1. The minimum Gasteiger partial charge on any atom is -0.462 e. The molecule has 3 aromatic carbocycles. The molecule has 0 radical (unpaired) electrons. The van der Waals surface area contributed by atoms with Crippen LogP contribution in [0.15, 0.2) is 101 Å². The molecule has 1 aliphatic rings. The number of benzene rings is 3. The molecule has 196 valence electrons. The first-order valence-electron chi connectivity index (χ1n) is 12.6. The first-order valence-corrected chi connectivity index (χ1v) is 13.4. The predicted molar refractivity (Wildman–Crippen MR) is 156 cm³/mol. The van der Waals surface area contributed by atoms with Crippen LogP contribution in [0, 0.1) is 0 Å². The van der Waals surface area contributed by atoms with Gasteiger partial charge in [0.25, 0.3) is 5.91 Å². The van der Waals surface area contributed by atoms with Gasteiger partial charge < -0.3 is 9.15 Å². The number of hydrogen-bond acceptors (Lipinski definition) is 4. The molecule has 1 aliphatic heterocycles. The quantitative estimate of drug-likeness (QED) is 0.123. The lowest BCUT2D eigenvalue weighted by molar-refractivity contribution is -0.113. The Bertz CT molecular complexity index is 1570. The highest BCUT2D eigenvalue weighted by Crippen LogP contribution is 2.36. The Hall–Kier alpha value is -4.06. The fraction of sp³-hybridized carbons (Fsp3) is 0.125. The van der Waals surface area contributed by atoms with Crippen LogP contribution in [-0.4, -0.2) is 18.5 Å². The second-order valence-corrected chi connectivity index (χ2v) is 9.82. The maximum Gasteiger partial charge on any atom is 0.338 e. The summed E-state index contributed by atoms with van der Waals surface area (Å²) in [5.41, 5.74) is 3.93. The average molecular weight is 558 g/mol. The number of anilines is 1. The van der Waals surface area contributed by atoms with E-state index in [9.17, 15) is 9.59 Å². The van der Waals surface area contributed by atoms with Gasteiger partial charge >= 0.3 is 5.97 Å². The summed E-state index contributed by atoms with van der Waals surface area (Å²) < 4.78 is 11.3. The van der Waals surface area contributed by atoms with Gasteiger partial charge in [-0.05, 0) is 78.7 Å². The average Bonchev–Trinajstić information content (AvgIpc) is 3.55. The molecule has 2 heterocycles. The Kier molecular flexibility index (Phi) is 8.01. The Balaban J connectivity index is 1.45. The number of ether oxygens (including phenoxy) is 1. The van der Waals surface area contributed by atoms with Crippen molar-refractivity contribution >= 4 is 52.5 Å². The molecule has 0 fully saturated rings. The number of amides is 1. The minimum absolute atomic E-state index is 0.209. The van der Waals surface area contributed by atoms with E-state index in [4.69, 9.17) is 32.4 Å². The van der Waals surface area contributed by atoms with Gasteiger partial charge in [-0.2, -0.15) is 0 Å². The van der Waals surface area contributed by atoms with Crippen LogP contribution in [0.1, 0.15) is 41.4 Å². The molecule has 1 aromatic heterocycles. The van der Waals surface area contributed by atoms with Crippen molar-refractivity contribution in [2.75, 3.05) is 11.5 Å². The zero-order valence-electron chi connectivity index (χ0n) is 21.2. The molecule has 39 heavy (non-hydrogen) atoms. The largest absolute Gasteiger partial charge is 0.462 e. The molecular weight excluding hydrogens is 533 g/mol. The van der Waals surface area contributed by atoms with E-state index < -0.39 is 0 Å². The molecule has 5 nitrogen and oxygen atoms in total. The molecule has 0 saturated heterocycles. The van der Waals surface area contributed by atoms with Gasteiger partial charge in [0.1, 0.15) is 11.5 Å². The Morgan fingerprint density at radius 3 is 2.41 bits per heavy atom. The van der Waals surface area contributed by atoms with Crippen LogP contribution in [-0.2, 0) is 9.53 Å². The van der Waals surface area contributed by atoms with Gasteiger partial charge in [-0.3, -0.25) is 9.69 Å². The Labute approximate surface area is 236 Å². The molecule has 7 heteroatoms. The summed E-state index contributed by atoms with van der Waals surface area (Å²) in [4.78, 5) is 27.7. The number of rotatable bonds is 8. The van der Waals surface area contributed by atoms with Crippen LogP contribution in [0.25, 0.3) is 23.1 Å². The molecule has 0 atom stereocenters. The van der Waals surface area contributed by atoms with E-state index in [1.165, 1.54) is 0 Å². The van der Waals surface area contributed by atoms with Crippen molar-refractivity contribution < 1.29 is 18.7 Å². The van der Waals surface area contributed by atoms with Crippen molar-refractivity contribution in [1.29, 1.82) is 0 Å². The first kappa shape index (κ1) is 26.5. The van der Waals surface area contributed by atoms with Crippen molar-refractivity contribution in [3.8, 4) is 11.3 Å². The van der Waals surface area contributed by atoms with Crippen molar-refractivity contribution in [2.24, 2.45) is 0 Å². The number of halogens is 2. The van der Waals surface area contributed by atoms with Crippen molar-refractivity contribution in [1.82, 2.24) is 0 Å². The van der Waals surface area contributed by atoms with Gasteiger partial charge in [-0.1, -0.05) is 66.9 Å². The molecule has 0 saturated carbocycles. The highest BCUT2D eigenvalue weighted by molar-refractivity contribution is 6.42. The maximum atomic E-state index is 13.7. The van der Waals surface area contributed by atoms with Gasteiger partial charge in [0, 0.05) is 16.8 Å². The fourth-order valence-corrected chi connectivity index (χ4v) is 4.52. The molecule has 0 aliphatic carbocycles. The smallest absolute Gasteiger partial charge is 0.338 e. The van der Waals surface area contributed by atoms with E-state index in [0.29, 0.717) is 45.0 Å². The Morgan fingerprint density at radius 2 is 1.69 bits per heavy atom. The molecule has 0 bridgehead atoms. The molecule has 0 N–H and O–H groups in total. The number of carbonyl (C=O) groups excluding carboxylic acids is 2. The van der Waals surface area contributed by atoms with Gasteiger partial charge in [0.15, 0.2) is 0 Å². The van der Waals surface area contributed by atoms with Gasteiger partial charge in [-0.15, -0.1) is 0 Å². The van der Waals surface area contributed by atoms with E-state index in [0.717, 1.165) is 29.7 Å². The molecule has 1 amide bonds. The summed E-state index contributed by atoms with van der Waals surface area (Å²) in [6.45, 7) is 2.42. The lowest BCUT2D eigenvalue weighted by Gasteiger charge is -2.21. The number of carbonyl (C=O) groups is 2. The monoisotopic (exact) mass is 557 g/mol. The normalized spacial score (nSPS) is 14.1. The minimum atomic E-state index is -0.377. The third-order valence-corrected chi connectivity index (χ3v) is 7.01. The first-order chi connectivity index (χ1) is 18.9. The molecule has 0 unspecified atom stereocenters. The van der Waals surface area contributed by atoms with Crippen molar-refractivity contribution in [2.45, 2.75) is 19.8 Å². The van der Waals surface area contributed by atoms with Gasteiger partial charge in [-0.25, -0.2) is 4.79 Å². The number of furan rings is 1. The summed E-state index contributed by atoms with van der Waals surface area (Å²) in [7, 11) is 0. The number of hydrogen-bond donors (Lipinski definition) is 0. The lowest BCUT2D eigenvalue weighted by atomic mass is 10.1. The standard InChI is InChI=1S/C32H25Cl2NO4/c1-2-3-17-38-32(37)22-9-12-25(13-10-22)35-29(21-7-5-4-6-8-21)20-24(31(35)36)18-26-14-16-30(39-26)23-11-15-27(33)28(34)19-23/h4-16,18-20H,2-3,17H2,1H3. The van der Waals surface area contributed by atoms with Gasteiger partial charge in [0.2, 0.25) is 0 Å². The molecule has 4 aromatic rings. The van der Waals surface area contributed by atoms with E-state index in [1.807, 2.05) is 55.5 Å². The third kappa shape index (κ3) is 5.85. The highest BCUT2D eigenvalue weighted by atomic mass is 35.5. The third-order valence-electron chi connectivity index (χ3n) is 6.27. The summed E-state index contributed by atoms with van der Waals surface area (Å²) in [5, 5.41) is 0.897. The van der Waals surface area contributed by atoms with Crippen LogP contribution >= 0.6 is 23.2 Å². The number of unbranched alkanes of at least 4 members (excludes halogenated alkanes) is 1. The van der Waals surface area contributed by atoms with Crippen molar-refractivity contribution in [3.05, 3.63) is 124 Å². The van der Waals surface area contributed by atoms with Crippen LogP contribution in [0.4, 0.5) is 5.69 Å². The molecule has 5 rings (SSSR count). The predicted octanol–water partition coefficient (Wildman–Crippen LogP) is 8.68. The Morgan fingerprint density at radius 1 is 0.923 bits per heavy atom. The molecular formula is C32H25Cl2NO4. The van der Waals surface area contributed by atoms with Crippen LogP contribution < -0.4 is 4.90 Å². The van der Waals surface area contributed by atoms with Gasteiger partial charge in [0.05, 0.1) is 27.9 Å². The maximum absolute atomic E-state index is 13.7. The zero-order chi connectivity index (χ0) is 27.4. The zero-order valence-corrected chi connectivity index (χ0v) is 22.7. The molecule has 0 spiro atoms. The summed E-state index contributed by atoms with van der Waals surface area (Å²) in [5.74, 6) is 0.545. The second kappa shape index (κ2) is 11.8. The second-order valence-electron chi connectivity index (χ2n) is 9.00. The lowest BCUT2D eigenvalue weighted by Crippen LogP contribution is -2.25. The van der Waals surface area contributed by atoms with Crippen molar-refractivity contribution in [3.63, 3.8) is 0 Å². The summed E-state index contributed by atoms with van der Waals surface area (Å²) in [6.07, 6.45) is 5.32. The van der Waals surface area contributed by atoms with E-state index in [2.05, 4.69) is 0 Å². The van der Waals surface area contributed by atoms with Crippen LogP contribution in [0.3, 0.4) is 0 Å². The topological polar surface area (TPSA) is 59.8 Å². The fourth-order valence-electron chi connectivity index (χ4n) is 4.22. The van der Waals surface area contributed by atoms with E-state index in [1.54, 1.807) is 53.4 Å². The van der Waals surface area contributed by atoms with E-state index in [-0.39, 0.29) is 11.9 Å². The van der Waals surface area contributed by atoms with Crippen LogP contribution in [0.2, 0.25) is 10.0 Å². The van der Waals surface area contributed by atoms with E-state index >= 15 is 0 Å². The number of esters is 1.